The van der Waals surface area contributed by atoms with Crippen LogP contribution in [0.1, 0.15) is 15.9 Å². The summed E-state index contributed by atoms with van der Waals surface area (Å²) in [5, 5.41) is 2.57. The molecule has 3 rings (SSSR count). The smallest absolute Gasteiger partial charge is 0.321 e. The Morgan fingerprint density at radius 3 is 2.15 bits per heavy atom. The van der Waals surface area contributed by atoms with Gasteiger partial charge in [-0.25, -0.2) is 0 Å². The van der Waals surface area contributed by atoms with Crippen molar-refractivity contribution < 1.29 is 18.0 Å². The Hall–Kier alpha value is -3.35. The summed E-state index contributed by atoms with van der Waals surface area (Å²) < 4.78 is 39.1. The lowest BCUT2D eigenvalue weighted by Gasteiger charge is -2.10. The fourth-order valence-electron chi connectivity index (χ4n) is 2.37. The molecule has 132 valence electrons. The molecular weight excluding hydrogens is 345 g/mol. The third-order valence-corrected chi connectivity index (χ3v) is 3.68. The molecule has 7 heteroatoms. The molecule has 0 unspecified atom stereocenters. The molecule has 0 bridgehead atoms. The van der Waals surface area contributed by atoms with E-state index in [0.717, 1.165) is 24.3 Å². The number of carbonyl (C=O) groups excluding carboxylic acids is 1. The van der Waals surface area contributed by atoms with Gasteiger partial charge >= 0.3 is 6.18 Å². The van der Waals surface area contributed by atoms with Crippen molar-refractivity contribution in [2.45, 2.75) is 6.18 Å². The van der Waals surface area contributed by atoms with E-state index in [2.05, 4.69) is 5.32 Å². The lowest BCUT2D eigenvalue weighted by Crippen LogP contribution is -2.19. The van der Waals surface area contributed by atoms with E-state index in [9.17, 15) is 22.8 Å². The van der Waals surface area contributed by atoms with E-state index < -0.39 is 17.6 Å². The molecule has 0 spiro atoms. The molecular formula is C19H13F3N2O2. The maximum atomic E-state index is 12.6. The monoisotopic (exact) mass is 358 g/mol. The first-order chi connectivity index (χ1) is 12.3. The van der Waals surface area contributed by atoms with Crippen LogP contribution in [0.15, 0.2) is 77.7 Å². The minimum Gasteiger partial charge on any atom is -0.321 e. The van der Waals surface area contributed by atoms with Crippen LogP contribution in [0.25, 0.3) is 5.69 Å². The number of amides is 1. The van der Waals surface area contributed by atoms with Gasteiger partial charge in [0.05, 0.1) is 11.3 Å². The number of rotatable bonds is 3. The minimum atomic E-state index is -4.46. The molecule has 0 radical (unpaired) electrons. The van der Waals surface area contributed by atoms with Gasteiger partial charge in [0.15, 0.2) is 0 Å². The minimum absolute atomic E-state index is 0.0791. The lowest BCUT2D eigenvalue weighted by molar-refractivity contribution is -0.137. The standard InChI is InChI=1S/C19H13F3N2O2/c20-19(21,22)14-8-6-13(7-9-14)18(26)23-15-10-11-17(25)24(12-15)16-4-2-1-3-5-16/h1-12H,(H,23,26). The SMILES string of the molecule is O=C(Nc1ccc(=O)n(-c2ccccc2)c1)c1ccc(C(F)(F)F)cc1. The van der Waals surface area contributed by atoms with E-state index in [-0.39, 0.29) is 11.1 Å². The van der Waals surface area contributed by atoms with Gasteiger partial charge < -0.3 is 5.32 Å². The average molecular weight is 358 g/mol. The predicted octanol–water partition coefficient (Wildman–Crippen LogP) is 4.11. The fraction of sp³-hybridized carbons (Fsp3) is 0.0526. The van der Waals surface area contributed by atoms with Gasteiger partial charge in [-0.05, 0) is 42.5 Å². The van der Waals surface area contributed by atoms with Gasteiger partial charge in [-0.15, -0.1) is 0 Å². The third-order valence-electron chi connectivity index (χ3n) is 3.68. The van der Waals surface area contributed by atoms with Crippen LogP contribution in [0.3, 0.4) is 0 Å². The molecule has 1 aromatic heterocycles. The fourth-order valence-corrected chi connectivity index (χ4v) is 2.37. The van der Waals surface area contributed by atoms with Gasteiger partial charge in [0, 0.05) is 23.5 Å². The molecule has 1 N–H and O–H groups in total. The van der Waals surface area contributed by atoms with E-state index in [1.165, 1.54) is 22.9 Å². The quantitative estimate of drug-likeness (QED) is 0.766. The van der Waals surface area contributed by atoms with Gasteiger partial charge in [-0.3, -0.25) is 14.2 Å². The van der Waals surface area contributed by atoms with Crippen LogP contribution < -0.4 is 10.9 Å². The number of pyridine rings is 1. The van der Waals surface area contributed by atoms with Gasteiger partial charge in [-0.1, -0.05) is 18.2 Å². The number of benzene rings is 2. The largest absolute Gasteiger partial charge is 0.416 e. The second-order valence-electron chi connectivity index (χ2n) is 5.49. The van der Waals surface area contributed by atoms with Crippen LogP contribution >= 0.6 is 0 Å². The number of alkyl halides is 3. The Labute approximate surface area is 146 Å². The zero-order valence-electron chi connectivity index (χ0n) is 13.3. The number of anilines is 1. The van der Waals surface area contributed by atoms with Gasteiger partial charge in [0.1, 0.15) is 0 Å². The summed E-state index contributed by atoms with van der Waals surface area (Å²) in [5.74, 6) is -0.572. The first kappa shape index (κ1) is 17.5. The van der Waals surface area contributed by atoms with Crippen LogP contribution in [0, 0.1) is 0 Å². The van der Waals surface area contributed by atoms with Crippen molar-refractivity contribution in [3.05, 3.63) is 94.4 Å². The summed E-state index contributed by atoms with van der Waals surface area (Å²) in [6, 6.07) is 15.5. The molecule has 3 aromatic rings. The van der Waals surface area contributed by atoms with Crippen molar-refractivity contribution in [3.8, 4) is 5.69 Å². The van der Waals surface area contributed by atoms with Crippen LogP contribution in [-0.4, -0.2) is 10.5 Å². The normalized spacial score (nSPS) is 11.2. The second kappa shape index (κ2) is 6.87. The highest BCUT2D eigenvalue weighted by molar-refractivity contribution is 6.04. The Balaban J connectivity index is 1.83. The molecule has 0 saturated carbocycles. The van der Waals surface area contributed by atoms with E-state index in [4.69, 9.17) is 0 Å². The maximum absolute atomic E-state index is 12.6. The van der Waals surface area contributed by atoms with Crippen molar-refractivity contribution in [1.82, 2.24) is 4.57 Å². The molecule has 0 saturated heterocycles. The second-order valence-corrected chi connectivity index (χ2v) is 5.49. The van der Waals surface area contributed by atoms with Crippen LogP contribution in [0.2, 0.25) is 0 Å². The van der Waals surface area contributed by atoms with E-state index in [1.807, 2.05) is 6.07 Å². The van der Waals surface area contributed by atoms with E-state index in [1.54, 1.807) is 24.3 Å². The summed E-state index contributed by atoms with van der Waals surface area (Å²) in [6.45, 7) is 0. The maximum Gasteiger partial charge on any atom is 0.416 e. The van der Waals surface area contributed by atoms with Crippen molar-refractivity contribution in [2.75, 3.05) is 5.32 Å². The predicted molar refractivity (Wildman–Crippen MR) is 91.4 cm³/mol. The summed E-state index contributed by atoms with van der Waals surface area (Å²) in [7, 11) is 0. The molecule has 1 amide bonds. The summed E-state index contributed by atoms with van der Waals surface area (Å²) >= 11 is 0. The first-order valence-corrected chi connectivity index (χ1v) is 7.61. The summed E-state index contributed by atoms with van der Waals surface area (Å²) in [5.41, 5.74) is -0.0488. The van der Waals surface area contributed by atoms with Gasteiger partial charge in [0.2, 0.25) is 0 Å². The highest BCUT2D eigenvalue weighted by atomic mass is 19.4. The molecule has 0 aliphatic carbocycles. The number of hydrogen-bond acceptors (Lipinski definition) is 2. The molecule has 26 heavy (non-hydrogen) atoms. The lowest BCUT2D eigenvalue weighted by atomic mass is 10.1. The number of para-hydroxylation sites is 1. The summed E-state index contributed by atoms with van der Waals surface area (Å²) in [6.07, 6.45) is -3.00. The Kier molecular flexibility index (Phi) is 4.62. The highest BCUT2D eigenvalue weighted by Gasteiger charge is 2.30. The molecule has 0 fully saturated rings. The van der Waals surface area contributed by atoms with Crippen LogP contribution in [-0.2, 0) is 6.18 Å². The highest BCUT2D eigenvalue weighted by Crippen LogP contribution is 2.29. The number of carbonyl (C=O) groups is 1. The molecule has 2 aromatic carbocycles. The number of nitrogens with zero attached hydrogens (tertiary/aromatic N) is 1. The Morgan fingerprint density at radius 2 is 1.54 bits per heavy atom. The molecule has 0 aliphatic heterocycles. The zero-order chi connectivity index (χ0) is 18.7. The number of aromatic nitrogens is 1. The summed E-state index contributed by atoms with van der Waals surface area (Å²) in [4.78, 5) is 24.2. The Bertz CT molecular complexity index is 978. The zero-order valence-corrected chi connectivity index (χ0v) is 13.3. The molecule has 1 heterocycles. The number of hydrogen-bond donors (Lipinski definition) is 1. The van der Waals surface area contributed by atoms with Crippen LogP contribution in [0.5, 0.6) is 0 Å². The van der Waals surface area contributed by atoms with Crippen molar-refractivity contribution >= 4 is 11.6 Å². The Morgan fingerprint density at radius 1 is 0.885 bits per heavy atom. The van der Waals surface area contributed by atoms with Crippen LogP contribution in [0.4, 0.5) is 18.9 Å². The number of nitrogens with one attached hydrogen (secondary N) is 1. The molecule has 0 atom stereocenters. The average Bonchev–Trinajstić information content (AvgIpc) is 2.63. The van der Waals surface area contributed by atoms with Crippen molar-refractivity contribution in [3.63, 3.8) is 0 Å². The topological polar surface area (TPSA) is 51.1 Å². The van der Waals surface area contributed by atoms with Crippen molar-refractivity contribution in [1.29, 1.82) is 0 Å². The number of halogens is 3. The third kappa shape index (κ3) is 3.83. The van der Waals surface area contributed by atoms with Gasteiger partial charge in [-0.2, -0.15) is 13.2 Å². The molecule has 4 nitrogen and oxygen atoms in total. The van der Waals surface area contributed by atoms with Gasteiger partial charge in [0.25, 0.3) is 11.5 Å². The van der Waals surface area contributed by atoms with E-state index in [0.29, 0.717) is 11.4 Å². The molecule has 0 aliphatic rings. The van der Waals surface area contributed by atoms with E-state index >= 15 is 0 Å². The first-order valence-electron chi connectivity index (χ1n) is 7.61. The van der Waals surface area contributed by atoms with Crippen molar-refractivity contribution in [2.24, 2.45) is 0 Å².